The molecule has 0 amide bonds. The summed E-state index contributed by atoms with van der Waals surface area (Å²) in [4.78, 5) is 15.0. The maximum Gasteiger partial charge on any atom is 0.255 e. The first-order chi connectivity index (χ1) is 9.56. The van der Waals surface area contributed by atoms with Gasteiger partial charge in [-0.2, -0.15) is 0 Å². The smallest absolute Gasteiger partial charge is 0.255 e. The largest absolute Gasteiger partial charge is 0.312 e. The Morgan fingerprint density at radius 3 is 2.65 bits per heavy atom. The zero-order chi connectivity index (χ0) is 14.7. The first-order valence-electron chi connectivity index (χ1n) is 7.77. The molecule has 1 aromatic heterocycles. The molecule has 0 saturated carbocycles. The molecule has 0 aromatic carbocycles. The number of hydrogen-bond acceptors (Lipinski definition) is 3. The molecule has 4 heteroatoms. The highest BCUT2D eigenvalue weighted by Crippen LogP contribution is 2.18. The molecule has 0 saturated heterocycles. The predicted octanol–water partition coefficient (Wildman–Crippen LogP) is 1.74. The van der Waals surface area contributed by atoms with Crippen LogP contribution >= 0.6 is 0 Å². The van der Waals surface area contributed by atoms with Gasteiger partial charge in [-0.15, -0.1) is 0 Å². The number of aromatic nitrogens is 1. The maximum atomic E-state index is 12.5. The van der Waals surface area contributed by atoms with Crippen LogP contribution in [0, 0.1) is 0 Å². The van der Waals surface area contributed by atoms with Crippen molar-refractivity contribution in [3.63, 3.8) is 0 Å². The molecule has 1 N–H and O–H groups in total. The van der Waals surface area contributed by atoms with E-state index in [4.69, 9.17) is 0 Å². The van der Waals surface area contributed by atoms with Gasteiger partial charge < -0.3 is 9.88 Å². The molecule has 1 aromatic rings. The van der Waals surface area contributed by atoms with E-state index in [1.54, 1.807) is 0 Å². The van der Waals surface area contributed by atoms with Gasteiger partial charge in [0.2, 0.25) is 0 Å². The van der Waals surface area contributed by atoms with Crippen LogP contribution in [-0.2, 0) is 26.1 Å². The van der Waals surface area contributed by atoms with E-state index < -0.39 is 0 Å². The number of nitrogens with one attached hydrogen (secondary N) is 1. The fourth-order valence-corrected chi connectivity index (χ4v) is 2.89. The van der Waals surface area contributed by atoms with E-state index in [9.17, 15) is 4.79 Å². The average molecular weight is 277 g/mol. The fourth-order valence-electron chi connectivity index (χ4n) is 2.89. The number of likely N-dealkylation sites (N-methyl/N-ethyl adjacent to an activating group) is 1. The van der Waals surface area contributed by atoms with Gasteiger partial charge in [0.05, 0.1) is 0 Å². The minimum Gasteiger partial charge on any atom is -0.312 e. The average Bonchev–Trinajstić information content (AvgIpc) is 2.44. The Morgan fingerprint density at radius 1 is 1.30 bits per heavy atom. The summed E-state index contributed by atoms with van der Waals surface area (Å²) < 4.78 is 1.97. The van der Waals surface area contributed by atoms with E-state index in [1.807, 2.05) is 4.57 Å². The molecule has 0 radical (unpaired) electrons. The molecule has 1 aliphatic heterocycles. The van der Waals surface area contributed by atoms with Crippen molar-refractivity contribution in [2.45, 2.75) is 59.8 Å². The summed E-state index contributed by atoms with van der Waals surface area (Å²) in [7, 11) is 0. The van der Waals surface area contributed by atoms with Gasteiger partial charge in [-0.25, -0.2) is 0 Å². The minimum absolute atomic E-state index is 0.185. The number of nitrogens with zero attached hydrogens (tertiary/aromatic N) is 2. The zero-order valence-electron chi connectivity index (χ0n) is 13.2. The molecule has 0 aliphatic carbocycles. The SMILES string of the molecule is CCN1CCc2c(cc(CNC(C)C)c(=O)n2CC)C1. The van der Waals surface area contributed by atoms with Gasteiger partial charge in [0.25, 0.3) is 5.56 Å². The van der Waals surface area contributed by atoms with E-state index in [0.29, 0.717) is 12.6 Å². The monoisotopic (exact) mass is 277 g/mol. The molecule has 0 unspecified atom stereocenters. The van der Waals surface area contributed by atoms with Crippen molar-refractivity contribution in [3.05, 3.63) is 33.2 Å². The lowest BCUT2D eigenvalue weighted by Gasteiger charge is -2.30. The van der Waals surface area contributed by atoms with Crippen molar-refractivity contribution in [1.29, 1.82) is 0 Å². The molecular weight excluding hydrogens is 250 g/mol. The van der Waals surface area contributed by atoms with Crippen molar-refractivity contribution in [3.8, 4) is 0 Å². The highest BCUT2D eigenvalue weighted by Gasteiger charge is 2.20. The van der Waals surface area contributed by atoms with Gasteiger partial charge in [-0.1, -0.05) is 20.8 Å². The summed E-state index contributed by atoms with van der Waals surface area (Å²) in [6.45, 7) is 13.0. The third-order valence-corrected chi connectivity index (χ3v) is 4.09. The number of pyridine rings is 1. The predicted molar refractivity (Wildman–Crippen MR) is 83.0 cm³/mol. The number of fused-ring (bicyclic) bond motifs is 1. The summed E-state index contributed by atoms with van der Waals surface area (Å²) in [5.74, 6) is 0. The van der Waals surface area contributed by atoms with Crippen LogP contribution < -0.4 is 10.9 Å². The van der Waals surface area contributed by atoms with Crippen LogP contribution in [0.1, 0.15) is 44.5 Å². The van der Waals surface area contributed by atoms with Gasteiger partial charge in [0.15, 0.2) is 0 Å². The Bertz CT molecular complexity index is 519. The van der Waals surface area contributed by atoms with Crippen LogP contribution in [0.4, 0.5) is 0 Å². The van der Waals surface area contributed by atoms with Crippen LogP contribution in [0.15, 0.2) is 10.9 Å². The van der Waals surface area contributed by atoms with Crippen LogP contribution in [0.25, 0.3) is 0 Å². The molecule has 2 heterocycles. The Labute approximate surface area is 121 Å². The molecule has 1 aliphatic rings. The molecule has 112 valence electrons. The van der Waals surface area contributed by atoms with E-state index in [0.717, 1.165) is 38.2 Å². The van der Waals surface area contributed by atoms with Crippen LogP contribution in [0.2, 0.25) is 0 Å². The number of hydrogen-bond donors (Lipinski definition) is 1. The first kappa shape index (κ1) is 15.3. The molecule has 20 heavy (non-hydrogen) atoms. The minimum atomic E-state index is 0.185. The summed E-state index contributed by atoms with van der Waals surface area (Å²) in [6.07, 6.45) is 0.990. The van der Waals surface area contributed by atoms with E-state index in [1.165, 1.54) is 11.3 Å². The van der Waals surface area contributed by atoms with Gasteiger partial charge in [0.1, 0.15) is 0 Å². The van der Waals surface area contributed by atoms with Crippen LogP contribution in [-0.4, -0.2) is 28.6 Å². The fraction of sp³-hybridized carbons (Fsp3) is 0.688. The Morgan fingerprint density at radius 2 is 2.05 bits per heavy atom. The van der Waals surface area contributed by atoms with Gasteiger partial charge in [0, 0.05) is 49.9 Å². The summed E-state index contributed by atoms with van der Waals surface area (Å²) in [6, 6.07) is 2.52. The summed E-state index contributed by atoms with van der Waals surface area (Å²) in [5, 5.41) is 3.36. The highest BCUT2D eigenvalue weighted by atomic mass is 16.1. The lowest BCUT2D eigenvalue weighted by Crippen LogP contribution is -2.37. The van der Waals surface area contributed by atoms with Crippen molar-refractivity contribution in [2.75, 3.05) is 13.1 Å². The van der Waals surface area contributed by atoms with Gasteiger partial charge >= 0.3 is 0 Å². The summed E-state index contributed by atoms with van der Waals surface area (Å²) >= 11 is 0. The molecule has 0 bridgehead atoms. The third-order valence-electron chi connectivity index (χ3n) is 4.09. The van der Waals surface area contributed by atoms with E-state index in [2.05, 4.69) is 44.0 Å². The van der Waals surface area contributed by atoms with Crippen molar-refractivity contribution in [1.82, 2.24) is 14.8 Å². The lowest BCUT2D eigenvalue weighted by molar-refractivity contribution is 0.261. The van der Waals surface area contributed by atoms with Crippen molar-refractivity contribution in [2.24, 2.45) is 0 Å². The van der Waals surface area contributed by atoms with E-state index in [-0.39, 0.29) is 5.56 Å². The molecule has 0 fully saturated rings. The Kier molecular flexibility index (Phi) is 5.00. The quantitative estimate of drug-likeness (QED) is 0.891. The second kappa shape index (κ2) is 6.55. The van der Waals surface area contributed by atoms with E-state index >= 15 is 0 Å². The summed E-state index contributed by atoms with van der Waals surface area (Å²) in [5.41, 5.74) is 3.66. The molecule has 2 rings (SSSR count). The standard InChI is InChI=1S/C16H27N3O/c1-5-18-8-7-15-14(11-18)9-13(10-17-12(3)4)16(20)19(15)6-2/h9,12,17H,5-8,10-11H2,1-4H3. The van der Waals surface area contributed by atoms with Gasteiger partial charge in [-0.3, -0.25) is 9.69 Å². The highest BCUT2D eigenvalue weighted by molar-refractivity contribution is 5.29. The molecule has 0 atom stereocenters. The zero-order valence-corrected chi connectivity index (χ0v) is 13.2. The van der Waals surface area contributed by atoms with Gasteiger partial charge in [-0.05, 0) is 25.1 Å². The molecule has 0 spiro atoms. The van der Waals surface area contributed by atoms with Crippen molar-refractivity contribution < 1.29 is 0 Å². The first-order valence-corrected chi connectivity index (χ1v) is 7.77. The lowest BCUT2D eigenvalue weighted by atomic mass is 10.0. The number of rotatable bonds is 5. The Balaban J connectivity index is 2.37. The van der Waals surface area contributed by atoms with Crippen LogP contribution in [0.5, 0.6) is 0 Å². The van der Waals surface area contributed by atoms with Crippen molar-refractivity contribution >= 4 is 0 Å². The Hall–Kier alpha value is -1.13. The van der Waals surface area contributed by atoms with Crippen LogP contribution in [0.3, 0.4) is 0 Å². The maximum absolute atomic E-state index is 12.5. The third kappa shape index (κ3) is 3.13. The molecular formula is C16H27N3O. The second-order valence-corrected chi connectivity index (χ2v) is 5.85. The normalized spacial score (nSPS) is 15.7. The topological polar surface area (TPSA) is 37.3 Å². The second-order valence-electron chi connectivity index (χ2n) is 5.85. The molecule has 4 nitrogen and oxygen atoms in total.